The van der Waals surface area contributed by atoms with Crippen LogP contribution < -0.4 is 5.43 Å². The van der Waals surface area contributed by atoms with Crippen LogP contribution in [-0.4, -0.2) is 29.3 Å². The molecule has 10 heteroatoms. The van der Waals surface area contributed by atoms with Crippen molar-refractivity contribution in [3.63, 3.8) is 0 Å². The molecule has 37 heavy (non-hydrogen) atoms. The van der Waals surface area contributed by atoms with Gasteiger partial charge in [0.05, 0.1) is 30.4 Å². The minimum Gasteiger partial charge on any atom is -0.462 e. The van der Waals surface area contributed by atoms with Crippen molar-refractivity contribution in [2.45, 2.75) is 59.1 Å². The number of ether oxygens (including phenoxy) is 1. The molecular weight excluding hydrogens is 503 g/mol. The molecule has 2 heterocycles. The van der Waals surface area contributed by atoms with Crippen molar-refractivity contribution in [2.75, 3.05) is 6.61 Å². The van der Waals surface area contributed by atoms with Gasteiger partial charge in [-0.2, -0.15) is 18.3 Å². The van der Waals surface area contributed by atoms with Crippen LogP contribution in [0.4, 0.5) is 13.2 Å². The Hall–Kier alpha value is -3.40. The van der Waals surface area contributed by atoms with Gasteiger partial charge in [-0.25, -0.2) is 10.2 Å². The van der Waals surface area contributed by atoms with Gasteiger partial charge in [0.15, 0.2) is 0 Å². The average Bonchev–Trinajstić information content (AvgIpc) is 3.35. The first-order valence-electron chi connectivity index (χ1n) is 12.1. The minimum atomic E-state index is -4.47. The molecule has 3 aromatic rings. The standard InChI is InChI=1S/C27H28F3N3O3S/c1-4-36-26(35)24-21-10-5-6-11-22(21)37-25(24)33-16(2)12-19(17(33)3)15-31-32-23(34)14-18-8-7-9-20(13-18)27(28,29)30/h7-9,12-13,15H,4-6,10-11,14H2,1-3H3,(H,32,34). The molecule has 1 aliphatic rings. The Morgan fingerprint density at radius 2 is 1.95 bits per heavy atom. The molecule has 0 atom stereocenters. The molecule has 0 bridgehead atoms. The van der Waals surface area contributed by atoms with Crippen LogP contribution in [0.1, 0.15) is 68.6 Å². The SMILES string of the molecule is CCOC(=O)c1c(-n2c(C)cc(C=NNC(=O)Cc3cccc(C(F)(F)F)c3)c2C)sc2c1CCCC2. The van der Waals surface area contributed by atoms with E-state index in [1.807, 2.05) is 24.5 Å². The number of benzene rings is 1. The van der Waals surface area contributed by atoms with E-state index in [0.29, 0.717) is 12.2 Å². The summed E-state index contributed by atoms with van der Waals surface area (Å²) in [6.45, 7) is 5.93. The number of halogens is 3. The number of rotatable bonds is 7. The van der Waals surface area contributed by atoms with Gasteiger partial charge in [0.1, 0.15) is 5.00 Å². The zero-order valence-electron chi connectivity index (χ0n) is 20.9. The molecule has 1 aromatic carbocycles. The summed E-state index contributed by atoms with van der Waals surface area (Å²) in [5.41, 5.74) is 6.03. The highest BCUT2D eigenvalue weighted by Gasteiger charge is 2.31. The summed E-state index contributed by atoms with van der Waals surface area (Å²) in [6.07, 6.45) is 0.727. The second-order valence-corrected chi connectivity index (χ2v) is 10.0. The number of aryl methyl sites for hydroxylation is 2. The molecule has 0 radical (unpaired) electrons. The number of hydrogen-bond acceptors (Lipinski definition) is 5. The molecule has 0 saturated carbocycles. The number of nitrogens with one attached hydrogen (secondary N) is 1. The fraction of sp³-hybridized carbons (Fsp3) is 0.370. The monoisotopic (exact) mass is 531 g/mol. The highest BCUT2D eigenvalue weighted by atomic mass is 32.1. The van der Waals surface area contributed by atoms with Gasteiger partial charge in [-0.3, -0.25) is 4.79 Å². The Labute approximate surface area is 217 Å². The Bertz CT molecular complexity index is 1350. The lowest BCUT2D eigenvalue weighted by Gasteiger charge is -2.13. The van der Waals surface area contributed by atoms with Crippen LogP contribution in [0, 0.1) is 13.8 Å². The Morgan fingerprint density at radius 1 is 1.19 bits per heavy atom. The number of carbonyl (C=O) groups excluding carboxylic acids is 2. The highest BCUT2D eigenvalue weighted by molar-refractivity contribution is 7.15. The van der Waals surface area contributed by atoms with Gasteiger partial charge in [-0.15, -0.1) is 11.3 Å². The molecule has 6 nitrogen and oxygen atoms in total. The van der Waals surface area contributed by atoms with E-state index in [1.165, 1.54) is 23.2 Å². The Morgan fingerprint density at radius 3 is 2.68 bits per heavy atom. The van der Waals surface area contributed by atoms with Crippen molar-refractivity contribution in [1.29, 1.82) is 0 Å². The van der Waals surface area contributed by atoms with E-state index in [0.717, 1.165) is 65.3 Å². The van der Waals surface area contributed by atoms with E-state index in [4.69, 9.17) is 4.74 Å². The van der Waals surface area contributed by atoms with Crippen molar-refractivity contribution in [2.24, 2.45) is 5.10 Å². The lowest BCUT2D eigenvalue weighted by molar-refractivity contribution is -0.137. The van der Waals surface area contributed by atoms with Crippen LogP contribution in [0.3, 0.4) is 0 Å². The molecule has 0 fully saturated rings. The maximum absolute atomic E-state index is 12.9. The third-order valence-corrected chi connectivity index (χ3v) is 7.59. The molecule has 0 aliphatic heterocycles. The molecule has 1 amide bonds. The third-order valence-electron chi connectivity index (χ3n) is 6.32. The Kier molecular flexibility index (Phi) is 7.87. The summed E-state index contributed by atoms with van der Waals surface area (Å²) in [7, 11) is 0. The summed E-state index contributed by atoms with van der Waals surface area (Å²) >= 11 is 1.61. The third kappa shape index (κ3) is 5.79. The maximum Gasteiger partial charge on any atom is 0.416 e. The molecule has 0 spiro atoms. The van der Waals surface area contributed by atoms with Gasteiger partial charge in [0.25, 0.3) is 0 Å². The van der Waals surface area contributed by atoms with Crippen LogP contribution in [-0.2, 0) is 35.0 Å². The first kappa shape index (κ1) is 26.7. The van der Waals surface area contributed by atoms with Gasteiger partial charge < -0.3 is 9.30 Å². The van der Waals surface area contributed by atoms with E-state index in [2.05, 4.69) is 10.5 Å². The van der Waals surface area contributed by atoms with Crippen molar-refractivity contribution in [3.05, 3.63) is 74.4 Å². The van der Waals surface area contributed by atoms with Crippen molar-refractivity contribution >= 4 is 29.4 Å². The molecule has 4 rings (SSSR count). The topological polar surface area (TPSA) is 72.7 Å². The van der Waals surface area contributed by atoms with Crippen molar-refractivity contribution in [3.8, 4) is 5.00 Å². The number of nitrogens with zero attached hydrogens (tertiary/aromatic N) is 2. The van der Waals surface area contributed by atoms with E-state index in [1.54, 1.807) is 18.3 Å². The molecule has 196 valence electrons. The normalized spacial score (nSPS) is 13.6. The predicted molar refractivity (Wildman–Crippen MR) is 137 cm³/mol. The van der Waals surface area contributed by atoms with Crippen LogP contribution in [0.25, 0.3) is 5.00 Å². The first-order valence-corrected chi connectivity index (χ1v) is 12.9. The number of alkyl halides is 3. The number of carbonyl (C=O) groups is 2. The van der Waals surface area contributed by atoms with Gasteiger partial charge >= 0.3 is 12.1 Å². The molecule has 0 unspecified atom stereocenters. The van der Waals surface area contributed by atoms with Gasteiger partial charge in [-0.1, -0.05) is 18.2 Å². The summed E-state index contributed by atoms with van der Waals surface area (Å²) in [5, 5.41) is 4.85. The van der Waals surface area contributed by atoms with Crippen LogP contribution in [0.15, 0.2) is 35.4 Å². The lowest BCUT2D eigenvalue weighted by Crippen LogP contribution is -2.20. The number of thiophene rings is 1. The lowest BCUT2D eigenvalue weighted by atomic mass is 9.95. The minimum absolute atomic E-state index is 0.232. The summed E-state index contributed by atoms with van der Waals surface area (Å²) < 4.78 is 46.1. The fourth-order valence-electron chi connectivity index (χ4n) is 4.61. The maximum atomic E-state index is 12.9. The second-order valence-electron chi connectivity index (χ2n) is 8.94. The van der Waals surface area contributed by atoms with E-state index < -0.39 is 17.6 Å². The van der Waals surface area contributed by atoms with Gasteiger partial charge in [0.2, 0.25) is 5.91 Å². The number of amides is 1. The molecular formula is C27H28F3N3O3S. The number of hydrazone groups is 1. The molecule has 1 aliphatic carbocycles. The summed E-state index contributed by atoms with van der Waals surface area (Å²) in [4.78, 5) is 26.4. The number of fused-ring (bicyclic) bond motifs is 1. The number of esters is 1. The van der Waals surface area contributed by atoms with Gasteiger partial charge in [-0.05, 0) is 69.7 Å². The van der Waals surface area contributed by atoms with Crippen molar-refractivity contribution < 1.29 is 27.5 Å². The van der Waals surface area contributed by atoms with Crippen molar-refractivity contribution in [1.82, 2.24) is 9.99 Å². The first-order chi connectivity index (χ1) is 17.6. The number of aromatic nitrogens is 1. The second kappa shape index (κ2) is 10.9. The summed E-state index contributed by atoms with van der Waals surface area (Å²) in [5.74, 6) is -0.846. The fourth-order valence-corrected chi connectivity index (χ4v) is 6.10. The summed E-state index contributed by atoms with van der Waals surface area (Å²) in [6, 6.07) is 6.57. The highest BCUT2D eigenvalue weighted by Crippen LogP contribution is 2.39. The molecule has 1 N–H and O–H groups in total. The van der Waals surface area contributed by atoms with Crippen LogP contribution >= 0.6 is 11.3 Å². The van der Waals surface area contributed by atoms with Gasteiger partial charge in [0, 0.05) is 21.8 Å². The largest absolute Gasteiger partial charge is 0.462 e. The smallest absolute Gasteiger partial charge is 0.416 e. The van der Waals surface area contributed by atoms with Crippen LogP contribution in [0.5, 0.6) is 0 Å². The predicted octanol–water partition coefficient (Wildman–Crippen LogP) is 5.92. The quantitative estimate of drug-likeness (QED) is 0.234. The number of hydrogen-bond donors (Lipinski definition) is 1. The zero-order chi connectivity index (χ0) is 26.7. The van der Waals surface area contributed by atoms with Crippen LogP contribution in [0.2, 0.25) is 0 Å². The molecule has 0 saturated heterocycles. The van der Waals surface area contributed by atoms with E-state index >= 15 is 0 Å². The molecule has 2 aromatic heterocycles. The Balaban J connectivity index is 1.54. The van der Waals surface area contributed by atoms with E-state index in [-0.39, 0.29) is 18.0 Å². The average molecular weight is 532 g/mol. The van der Waals surface area contributed by atoms with E-state index in [9.17, 15) is 22.8 Å². The zero-order valence-corrected chi connectivity index (χ0v) is 21.7.